The maximum Gasteiger partial charge on any atom is 0.410 e. The Hall–Kier alpha value is -1.55. The van der Waals surface area contributed by atoms with Crippen LogP contribution in [0.3, 0.4) is 0 Å². The minimum absolute atomic E-state index is 0.290. The third kappa shape index (κ3) is 2.96. The Morgan fingerprint density at radius 2 is 2.10 bits per heavy atom. The minimum Gasteiger partial charge on any atom is -0.445 e. The van der Waals surface area contributed by atoms with E-state index in [1.54, 1.807) is 4.90 Å². The number of nitrogens with zero attached hydrogens (tertiary/aromatic N) is 1. The lowest BCUT2D eigenvalue weighted by molar-refractivity contribution is -0.0461. The number of rotatable bonds is 3. The number of likely N-dealkylation sites (tertiary alicyclic amines) is 1. The molecule has 2 aliphatic rings. The summed E-state index contributed by atoms with van der Waals surface area (Å²) in [6.45, 7) is 1.39. The van der Waals surface area contributed by atoms with Gasteiger partial charge in [0.05, 0.1) is 12.1 Å². The Morgan fingerprint density at radius 1 is 1.35 bits per heavy atom. The quantitative estimate of drug-likeness (QED) is 0.922. The van der Waals surface area contributed by atoms with E-state index in [2.05, 4.69) is 0 Å². The summed E-state index contributed by atoms with van der Waals surface area (Å²) in [5.74, 6) is 0.382. The first-order valence-electron chi connectivity index (χ1n) is 7.35. The highest BCUT2D eigenvalue weighted by Gasteiger charge is 2.47. The number of amides is 1. The van der Waals surface area contributed by atoms with Gasteiger partial charge in [-0.15, -0.1) is 0 Å². The van der Waals surface area contributed by atoms with Gasteiger partial charge in [0.15, 0.2) is 0 Å². The number of ether oxygens (including phenoxy) is 1. The van der Waals surface area contributed by atoms with Gasteiger partial charge in [0.1, 0.15) is 6.61 Å². The molecule has 2 fully saturated rings. The standard InChI is InChI=1S/C16H21NO3/c18-15(20-11-13-5-2-1-3-6-13)17-10-4-9-16(19,12-17)14-7-8-14/h1-3,5-6,14,19H,4,7-12H2. The van der Waals surface area contributed by atoms with Crippen molar-refractivity contribution in [3.05, 3.63) is 35.9 Å². The predicted molar refractivity (Wildman–Crippen MR) is 75.1 cm³/mol. The van der Waals surface area contributed by atoms with E-state index in [-0.39, 0.29) is 12.7 Å². The molecule has 0 radical (unpaired) electrons. The molecule has 0 aromatic heterocycles. The summed E-state index contributed by atoms with van der Waals surface area (Å²) in [5, 5.41) is 10.6. The van der Waals surface area contributed by atoms with Crippen molar-refractivity contribution in [1.82, 2.24) is 4.90 Å². The summed E-state index contributed by atoms with van der Waals surface area (Å²) in [7, 11) is 0. The van der Waals surface area contributed by atoms with Crippen LogP contribution in [0, 0.1) is 5.92 Å². The van der Waals surface area contributed by atoms with Gasteiger partial charge in [0, 0.05) is 6.54 Å². The van der Waals surface area contributed by atoms with Gasteiger partial charge in [-0.1, -0.05) is 30.3 Å². The van der Waals surface area contributed by atoms with Crippen molar-refractivity contribution in [3.63, 3.8) is 0 Å². The molecule has 1 saturated carbocycles. The Morgan fingerprint density at radius 3 is 2.80 bits per heavy atom. The lowest BCUT2D eigenvalue weighted by atomic mass is 9.88. The first-order chi connectivity index (χ1) is 9.67. The fourth-order valence-corrected chi connectivity index (χ4v) is 2.98. The van der Waals surface area contributed by atoms with E-state index >= 15 is 0 Å². The average Bonchev–Trinajstić information content (AvgIpc) is 3.31. The number of carbonyl (C=O) groups is 1. The molecule has 0 bridgehead atoms. The summed E-state index contributed by atoms with van der Waals surface area (Å²) in [5.41, 5.74) is 0.305. The second-order valence-electron chi connectivity index (χ2n) is 5.94. The molecule has 1 aromatic rings. The van der Waals surface area contributed by atoms with E-state index in [9.17, 15) is 9.90 Å². The zero-order valence-electron chi connectivity index (χ0n) is 11.6. The first kappa shape index (κ1) is 13.4. The number of piperidine rings is 1. The van der Waals surface area contributed by atoms with Crippen LogP contribution in [0.4, 0.5) is 4.79 Å². The molecular formula is C16H21NO3. The van der Waals surface area contributed by atoms with Gasteiger partial charge in [-0.3, -0.25) is 0 Å². The zero-order valence-corrected chi connectivity index (χ0v) is 11.6. The van der Waals surface area contributed by atoms with Crippen LogP contribution in [0.2, 0.25) is 0 Å². The maximum atomic E-state index is 12.1. The number of carbonyl (C=O) groups excluding carboxylic acids is 1. The highest BCUT2D eigenvalue weighted by atomic mass is 16.6. The van der Waals surface area contributed by atoms with Crippen molar-refractivity contribution in [2.75, 3.05) is 13.1 Å². The topological polar surface area (TPSA) is 49.8 Å². The Labute approximate surface area is 119 Å². The zero-order chi connectivity index (χ0) is 14.0. The molecule has 1 heterocycles. The van der Waals surface area contributed by atoms with E-state index in [1.807, 2.05) is 30.3 Å². The third-order valence-electron chi connectivity index (χ3n) is 4.30. The van der Waals surface area contributed by atoms with Crippen LogP contribution in [0.15, 0.2) is 30.3 Å². The maximum absolute atomic E-state index is 12.1. The van der Waals surface area contributed by atoms with Crippen LogP contribution in [-0.2, 0) is 11.3 Å². The normalized spacial score (nSPS) is 26.4. The molecule has 1 atom stereocenters. The van der Waals surface area contributed by atoms with Gasteiger partial charge >= 0.3 is 6.09 Å². The molecule has 1 aliphatic carbocycles. The number of hydrogen-bond acceptors (Lipinski definition) is 3. The molecular weight excluding hydrogens is 254 g/mol. The van der Waals surface area contributed by atoms with Crippen LogP contribution in [0.1, 0.15) is 31.2 Å². The van der Waals surface area contributed by atoms with E-state index in [1.165, 1.54) is 0 Å². The van der Waals surface area contributed by atoms with Crippen LogP contribution >= 0.6 is 0 Å². The smallest absolute Gasteiger partial charge is 0.410 e. The number of hydrogen-bond donors (Lipinski definition) is 1. The van der Waals surface area contributed by atoms with E-state index < -0.39 is 5.60 Å². The molecule has 1 amide bonds. The molecule has 4 heteroatoms. The second-order valence-corrected chi connectivity index (χ2v) is 5.94. The van der Waals surface area contributed by atoms with Crippen molar-refractivity contribution in [3.8, 4) is 0 Å². The van der Waals surface area contributed by atoms with Gasteiger partial charge in [0.2, 0.25) is 0 Å². The fraction of sp³-hybridized carbons (Fsp3) is 0.562. The molecule has 0 spiro atoms. The van der Waals surface area contributed by atoms with Crippen molar-refractivity contribution >= 4 is 6.09 Å². The van der Waals surface area contributed by atoms with Crippen LogP contribution in [0.25, 0.3) is 0 Å². The van der Waals surface area contributed by atoms with Crippen molar-refractivity contribution in [2.24, 2.45) is 5.92 Å². The summed E-state index contributed by atoms with van der Waals surface area (Å²) < 4.78 is 5.34. The van der Waals surface area contributed by atoms with Gasteiger partial charge < -0.3 is 14.7 Å². The van der Waals surface area contributed by atoms with Gasteiger partial charge in [-0.2, -0.15) is 0 Å². The number of β-amino-alcohol motifs (C(OH)–C–C–N with tert-alkyl or cyclic N) is 1. The largest absolute Gasteiger partial charge is 0.445 e. The summed E-state index contributed by atoms with van der Waals surface area (Å²) >= 11 is 0. The first-order valence-corrected chi connectivity index (χ1v) is 7.35. The predicted octanol–water partition coefficient (Wildman–Crippen LogP) is 2.56. The molecule has 1 unspecified atom stereocenters. The van der Waals surface area contributed by atoms with Gasteiger partial charge in [0.25, 0.3) is 0 Å². The fourth-order valence-electron chi connectivity index (χ4n) is 2.98. The lowest BCUT2D eigenvalue weighted by Crippen LogP contribution is -2.51. The third-order valence-corrected chi connectivity index (χ3v) is 4.30. The monoisotopic (exact) mass is 275 g/mol. The average molecular weight is 275 g/mol. The van der Waals surface area contributed by atoms with Gasteiger partial charge in [-0.05, 0) is 37.2 Å². The summed E-state index contributed by atoms with van der Waals surface area (Å²) in [6, 6.07) is 9.66. The SMILES string of the molecule is O=C(OCc1ccccc1)N1CCCC(O)(C2CC2)C1. The molecule has 1 aromatic carbocycles. The van der Waals surface area contributed by atoms with E-state index in [4.69, 9.17) is 4.74 Å². The molecule has 3 rings (SSSR count). The summed E-state index contributed by atoms with van der Waals surface area (Å²) in [6.07, 6.45) is 3.52. The molecule has 4 nitrogen and oxygen atoms in total. The highest BCUT2D eigenvalue weighted by molar-refractivity contribution is 5.68. The van der Waals surface area contributed by atoms with Crippen LogP contribution < -0.4 is 0 Å². The van der Waals surface area contributed by atoms with Crippen molar-refractivity contribution < 1.29 is 14.6 Å². The number of aliphatic hydroxyl groups is 1. The van der Waals surface area contributed by atoms with Crippen LogP contribution in [-0.4, -0.2) is 34.8 Å². The van der Waals surface area contributed by atoms with Crippen molar-refractivity contribution in [1.29, 1.82) is 0 Å². The van der Waals surface area contributed by atoms with Crippen LogP contribution in [0.5, 0.6) is 0 Å². The number of benzene rings is 1. The molecule has 1 aliphatic heterocycles. The Kier molecular flexibility index (Phi) is 3.66. The van der Waals surface area contributed by atoms with E-state index in [0.29, 0.717) is 19.0 Å². The molecule has 20 heavy (non-hydrogen) atoms. The highest BCUT2D eigenvalue weighted by Crippen LogP contribution is 2.44. The Bertz CT molecular complexity index is 472. The molecule has 1 saturated heterocycles. The molecule has 108 valence electrons. The summed E-state index contributed by atoms with van der Waals surface area (Å²) in [4.78, 5) is 13.8. The minimum atomic E-state index is -0.677. The molecule has 1 N–H and O–H groups in total. The Balaban J connectivity index is 1.54. The van der Waals surface area contributed by atoms with E-state index in [0.717, 1.165) is 31.2 Å². The lowest BCUT2D eigenvalue weighted by Gasteiger charge is -2.38. The van der Waals surface area contributed by atoms with Gasteiger partial charge in [-0.25, -0.2) is 4.79 Å². The van der Waals surface area contributed by atoms with Crippen molar-refractivity contribution in [2.45, 2.75) is 37.9 Å². The second kappa shape index (κ2) is 5.44.